The maximum atomic E-state index is 10.6. The molecule has 0 saturated heterocycles. The molecule has 4 nitrogen and oxygen atoms in total. The van der Waals surface area contributed by atoms with E-state index in [0.717, 1.165) is 0 Å². The smallest absolute Gasteiger partial charge is 0.307 e. The minimum absolute atomic E-state index is 0.259. The van der Waals surface area contributed by atoms with E-state index in [9.17, 15) is 9.59 Å². The molecular formula is C10H6BrNO3. The molecule has 0 unspecified atom stereocenters. The van der Waals surface area contributed by atoms with Gasteiger partial charge in [-0.3, -0.25) is 9.59 Å². The predicted molar refractivity (Wildman–Crippen MR) is 55.6 cm³/mol. The summed E-state index contributed by atoms with van der Waals surface area (Å²) >= 11 is 3.12. The highest BCUT2D eigenvalue weighted by atomic mass is 79.9. The van der Waals surface area contributed by atoms with Gasteiger partial charge in [0.1, 0.15) is 0 Å². The third-order valence-electron chi connectivity index (χ3n) is 1.81. The van der Waals surface area contributed by atoms with Crippen molar-refractivity contribution in [2.45, 2.75) is 6.42 Å². The van der Waals surface area contributed by atoms with Crippen molar-refractivity contribution in [1.29, 1.82) is 5.26 Å². The summed E-state index contributed by atoms with van der Waals surface area (Å²) in [6.45, 7) is 0. The number of nitriles is 1. The molecule has 1 N–H and O–H groups in total. The molecule has 1 aromatic carbocycles. The Hall–Kier alpha value is -1.67. The van der Waals surface area contributed by atoms with Gasteiger partial charge in [-0.25, -0.2) is 0 Å². The summed E-state index contributed by atoms with van der Waals surface area (Å²) in [6.07, 6.45) is 0.341. The monoisotopic (exact) mass is 267 g/mol. The molecule has 0 atom stereocenters. The number of aldehydes is 1. The molecule has 1 rings (SSSR count). The summed E-state index contributed by atoms with van der Waals surface area (Å²) in [7, 11) is 0. The van der Waals surface area contributed by atoms with Crippen LogP contribution in [0.1, 0.15) is 21.5 Å². The van der Waals surface area contributed by atoms with E-state index in [1.807, 2.05) is 6.07 Å². The van der Waals surface area contributed by atoms with Crippen LogP contribution in [0.25, 0.3) is 0 Å². The Kier molecular flexibility index (Phi) is 3.58. The van der Waals surface area contributed by atoms with Gasteiger partial charge in [-0.2, -0.15) is 5.26 Å². The number of carbonyl (C=O) groups is 2. The van der Waals surface area contributed by atoms with Crippen molar-refractivity contribution in [2.75, 3.05) is 0 Å². The van der Waals surface area contributed by atoms with Crippen LogP contribution < -0.4 is 0 Å². The van der Waals surface area contributed by atoms with Crippen molar-refractivity contribution in [1.82, 2.24) is 0 Å². The average Bonchev–Trinajstić information content (AvgIpc) is 2.19. The van der Waals surface area contributed by atoms with Gasteiger partial charge in [0.2, 0.25) is 0 Å². The van der Waals surface area contributed by atoms with Crippen molar-refractivity contribution >= 4 is 28.2 Å². The van der Waals surface area contributed by atoms with E-state index in [1.165, 1.54) is 12.1 Å². The largest absolute Gasteiger partial charge is 0.481 e. The number of carboxylic acid groups (broad SMARTS) is 1. The third-order valence-corrected chi connectivity index (χ3v) is 2.50. The number of benzene rings is 1. The zero-order chi connectivity index (χ0) is 11.4. The molecule has 1 aromatic rings. The fraction of sp³-hybridized carbons (Fsp3) is 0.100. The molecule has 76 valence electrons. The molecule has 15 heavy (non-hydrogen) atoms. The summed E-state index contributed by atoms with van der Waals surface area (Å²) < 4.78 is 0.489. The van der Waals surface area contributed by atoms with Gasteiger partial charge in [-0.15, -0.1) is 0 Å². The van der Waals surface area contributed by atoms with Crippen LogP contribution in [0.2, 0.25) is 0 Å². The highest BCUT2D eigenvalue weighted by Crippen LogP contribution is 2.21. The Morgan fingerprint density at radius 2 is 2.27 bits per heavy atom. The van der Waals surface area contributed by atoms with Crippen molar-refractivity contribution in [3.05, 3.63) is 33.3 Å². The van der Waals surface area contributed by atoms with E-state index < -0.39 is 5.97 Å². The Bertz CT molecular complexity index is 462. The Balaban J connectivity index is 3.29. The lowest BCUT2D eigenvalue weighted by Crippen LogP contribution is -2.03. The van der Waals surface area contributed by atoms with E-state index in [-0.39, 0.29) is 12.0 Å². The number of halogens is 1. The lowest BCUT2D eigenvalue weighted by Gasteiger charge is -2.03. The summed E-state index contributed by atoms with van der Waals surface area (Å²) in [4.78, 5) is 21.1. The quantitative estimate of drug-likeness (QED) is 0.847. The number of carboxylic acids is 1. The van der Waals surface area contributed by atoms with Crippen molar-refractivity contribution < 1.29 is 14.7 Å². The Morgan fingerprint density at radius 3 is 2.73 bits per heavy atom. The fourth-order valence-electron chi connectivity index (χ4n) is 1.14. The number of aliphatic carboxylic acids is 1. The molecule has 0 fully saturated rings. The zero-order valence-corrected chi connectivity index (χ0v) is 9.11. The molecule has 0 radical (unpaired) electrons. The minimum atomic E-state index is -1.04. The van der Waals surface area contributed by atoms with Gasteiger partial charge in [0.05, 0.1) is 18.1 Å². The maximum Gasteiger partial charge on any atom is 0.307 e. The van der Waals surface area contributed by atoms with Gasteiger partial charge in [0.15, 0.2) is 6.29 Å². The van der Waals surface area contributed by atoms with Crippen molar-refractivity contribution in [2.24, 2.45) is 0 Å². The normalized spacial score (nSPS) is 9.33. The van der Waals surface area contributed by atoms with Crippen LogP contribution in [0.3, 0.4) is 0 Å². The van der Waals surface area contributed by atoms with Crippen molar-refractivity contribution in [3.8, 4) is 6.07 Å². The summed E-state index contributed by atoms with van der Waals surface area (Å²) in [5.41, 5.74) is 0.940. The van der Waals surface area contributed by atoms with E-state index >= 15 is 0 Å². The molecule has 0 aromatic heterocycles. The van der Waals surface area contributed by atoms with Gasteiger partial charge >= 0.3 is 5.97 Å². The Morgan fingerprint density at radius 1 is 1.60 bits per heavy atom. The molecule has 0 aliphatic rings. The molecule has 5 heteroatoms. The number of hydrogen-bond acceptors (Lipinski definition) is 3. The molecule has 0 spiro atoms. The number of hydrogen-bond donors (Lipinski definition) is 1. The first-order valence-electron chi connectivity index (χ1n) is 3.98. The number of rotatable bonds is 3. The van der Waals surface area contributed by atoms with Crippen LogP contribution in [-0.4, -0.2) is 17.4 Å². The highest BCUT2D eigenvalue weighted by Gasteiger charge is 2.10. The summed E-state index contributed by atoms with van der Waals surface area (Å²) in [6, 6.07) is 4.74. The van der Waals surface area contributed by atoms with Gasteiger partial charge < -0.3 is 5.11 Å². The third kappa shape index (κ3) is 2.64. The zero-order valence-electron chi connectivity index (χ0n) is 7.53. The predicted octanol–water partition coefficient (Wildman–Crippen LogP) is 1.76. The van der Waals surface area contributed by atoms with Gasteiger partial charge in [-0.1, -0.05) is 15.9 Å². The summed E-state index contributed by atoms with van der Waals surface area (Å²) in [5, 5.41) is 17.4. The van der Waals surface area contributed by atoms with Crippen LogP contribution in [0.15, 0.2) is 16.6 Å². The van der Waals surface area contributed by atoms with E-state index in [2.05, 4.69) is 15.9 Å². The standard InChI is InChI=1S/C10H6BrNO3/c11-9-2-7(4-12)6(3-10(14)15)1-8(9)5-13/h1-2,5H,3H2,(H,14,15). The molecule has 0 bridgehead atoms. The second kappa shape index (κ2) is 4.71. The van der Waals surface area contributed by atoms with Gasteiger partial charge in [0, 0.05) is 10.0 Å². The lowest BCUT2D eigenvalue weighted by molar-refractivity contribution is -0.136. The average molecular weight is 268 g/mol. The summed E-state index contributed by atoms with van der Waals surface area (Å²) in [5.74, 6) is -1.04. The second-order valence-corrected chi connectivity index (χ2v) is 3.69. The van der Waals surface area contributed by atoms with Crippen LogP contribution in [0.5, 0.6) is 0 Å². The van der Waals surface area contributed by atoms with Crippen LogP contribution in [-0.2, 0) is 11.2 Å². The van der Waals surface area contributed by atoms with E-state index in [4.69, 9.17) is 10.4 Å². The topological polar surface area (TPSA) is 78.2 Å². The lowest BCUT2D eigenvalue weighted by atomic mass is 10.0. The van der Waals surface area contributed by atoms with Crippen LogP contribution >= 0.6 is 15.9 Å². The van der Waals surface area contributed by atoms with Crippen LogP contribution in [0.4, 0.5) is 0 Å². The number of carbonyl (C=O) groups excluding carboxylic acids is 1. The minimum Gasteiger partial charge on any atom is -0.481 e. The molecule has 0 aliphatic heterocycles. The SMILES string of the molecule is N#Cc1cc(Br)c(C=O)cc1CC(=O)O. The first-order valence-corrected chi connectivity index (χ1v) is 4.77. The number of nitrogens with zero attached hydrogens (tertiary/aromatic N) is 1. The second-order valence-electron chi connectivity index (χ2n) is 2.83. The van der Waals surface area contributed by atoms with E-state index in [0.29, 0.717) is 21.9 Å². The van der Waals surface area contributed by atoms with Gasteiger partial charge in [0.25, 0.3) is 0 Å². The molecule has 0 amide bonds. The molecule has 0 aliphatic carbocycles. The van der Waals surface area contributed by atoms with Crippen molar-refractivity contribution in [3.63, 3.8) is 0 Å². The molecular weight excluding hydrogens is 262 g/mol. The van der Waals surface area contributed by atoms with Crippen LogP contribution in [0, 0.1) is 11.3 Å². The highest BCUT2D eigenvalue weighted by molar-refractivity contribution is 9.10. The first kappa shape index (κ1) is 11.4. The molecule has 0 saturated carbocycles. The van der Waals surface area contributed by atoms with E-state index in [1.54, 1.807) is 0 Å². The Labute approximate surface area is 94.3 Å². The fourth-order valence-corrected chi connectivity index (χ4v) is 1.58. The molecule has 0 heterocycles. The maximum absolute atomic E-state index is 10.6. The first-order chi connectivity index (χ1) is 7.08. The van der Waals surface area contributed by atoms with Gasteiger partial charge in [-0.05, 0) is 17.7 Å².